The summed E-state index contributed by atoms with van der Waals surface area (Å²) in [5, 5.41) is 1.92. The van der Waals surface area contributed by atoms with Crippen molar-refractivity contribution in [3.8, 4) is 0 Å². The molecule has 140 valence electrons. The van der Waals surface area contributed by atoms with Crippen LogP contribution in [0.1, 0.15) is 10.5 Å². The van der Waals surface area contributed by atoms with E-state index < -0.39 is 5.97 Å². The van der Waals surface area contributed by atoms with Gasteiger partial charge in [-0.1, -0.05) is 0 Å². The third kappa shape index (κ3) is 3.14. The molecule has 0 amide bonds. The van der Waals surface area contributed by atoms with Crippen molar-refractivity contribution in [2.24, 2.45) is 7.05 Å². The number of ether oxygens (including phenoxy) is 1. The molecule has 0 radical (unpaired) electrons. The predicted octanol–water partition coefficient (Wildman–Crippen LogP) is 1.50. The van der Waals surface area contributed by atoms with Gasteiger partial charge in [-0.3, -0.25) is 4.79 Å². The fraction of sp³-hybridized carbons (Fsp3) is 0.333. The molecule has 0 atom stereocenters. The van der Waals surface area contributed by atoms with E-state index in [1.165, 1.54) is 18.4 Å². The van der Waals surface area contributed by atoms with E-state index in [-0.39, 0.29) is 5.56 Å². The van der Waals surface area contributed by atoms with Crippen LogP contribution in [0.4, 0.5) is 11.6 Å². The Kier molecular flexibility index (Phi) is 4.53. The van der Waals surface area contributed by atoms with Gasteiger partial charge in [0.25, 0.3) is 5.56 Å². The Morgan fingerprint density at radius 3 is 2.56 bits per heavy atom. The highest BCUT2D eigenvalue weighted by molar-refractivity contribution is 7.17. The monoisotopic (exact) mass is 385 g/mol. The predicted molar refractivity (Wildman–Crippen MR) is 105 cm³/mol. The molecule has 0 aliphatic carbocycles. The second-order valence-corrected chi connectivity index (χ2v) is 7.19. The minimum absolute atomic E-state index is 0.168. The van der Waals surface area contributed by atoms with Crippen LogP contribution in [0.5, 0.6) is 0 Å². The van der Waals surface area contributed by atoms with E-state index in [0.717, 1.165) is 37.4 Å². The average Bonchev–Trinajstić information content (AvgIpc) is 3.21. The minimum Gasteiger partial charge on any atom is -0.464 e. The van der Waals surface area contributed by atoms with E-state index in [9.17, 15) is 9.59 Å². The summed E-state index contributed by atoms with van der Waals surface area (Å²) < 4.78 is 7.35. The average molecular weight is 385 g/mol. The summed E-state index contributed by atoms with van der Waals surface area (Å²) in [6, 6.07) is 5.50. The lowest BCUT2D eigenvalue weighted by Crippen LogP contribution is -2.48. The molecule has 27 heavy (non-hydrogen) atoms. The van der Waals surface area contributed by atoms with Crippen LogP contribution in [0, 0.1) is 0 Å². The topological polar surface area (TPSA) is 80.6 Å². The van der Waals surface area contributed by atoms with Crippen molar-refractivity contribution in [2.45, 2.75) is 0 Å². The van der Waals surface area contributed by atoms with Crippen LogP contribution in [0.15, 0.2) is 34.6 Å². The number of methoxy groups -OCH3 is 1. The van der Waals surface area contributed by atoms with Gasteiger partial charge in [0.1, 0.15) is 10.4 Å². The molecule has 1 aliphatic rings. The molecule has 4 heterocycles. The first kappa shape index (κ1) is 17.5. The maximum atomic E-state index is 12.3. The Labute approximate surface area is 159 Å². The van der Waals surface area contributed by atoms with Crippen LogP contribution in [0.2, 0.25) is 0 Å². The molecule has 9 heteroatoms. The fourth-order valence-corrected chi connectivity index (χ4v) is 4.10. The number of nitrogens with zero attached hydrogens (tertiary/aromatic N) is 5. The number of piperazine rings is 1. The Bertz CT molecular complexity index is 1040. The molecule has 1 aliphatic heterocycles. The quantitative estimate of drug-likeness (QED) is 0.632. The third-order valence-corrected chi connectivity index (χ3v) is 5.66. The SMILES string of the molecule is COC(=O)c1ccc(N2CCN(c3nc(=O)c4sccc4n3C)CC2)cn1. The summed E-state index contributed by atoms with van der Waals surface area (Å²) in [7, 11) is 3.28. The van der Waals surface area contributed by atoms with Gasteiger partial charge in [0, 0.05) is 33.2 Å². The number of carbonyl (C=O) groups is 1. The van der Waals surface area contributed by atoms with Crippen molar-refractivity contribution in [1.82, 2.24) is 14.5 Å². The summed E-state index contributed by atoms with van der Waals surface area (Å²) in [6.45, 7) is 3.04. The largest absolute Gasteiger partial charge is 0.464 e. The zero-order valence-electron chi connectivity index (χ0n) is 15.1. The number of hydrogen-bond donors (Lipinski definition) is 0. The van der Waals surface area contributed by atoms with Crippen LogP contribution in [0.25, 0.3) is 10.2 Å². The van der Waals surface area contributed by atoms with E-state index >= 15 is 0 Å². The molecular formula is C18H19N5O3S. The summed E-state index contributed by atoms with van der Waals surface area (Å²) in [6.07, 6.45) is 1.69. The molecule has 3 aromatic rings. The van der Waals surface area contributed by atoms with Crippen LogP contribution >= 0.6 is 11.3 Å². The molecule has 1 saturated heterocycles. The van der Waals surface area contributed by atoms with E-state index in [4.69, 9.17) is 0 Å². The number of carbonyl (C=O) groups excluding carboxylic acids is 1. The smallest absolute Gasteiger partial charge is 0.356 e. The van der Waals surface area contributed by atoms with Crippen molar-refractivity contribution in [3.05, 3.63) is 45.8 Å². The second-order valence-electron chi connectivity index (χ2n) is 6.28. The highest BCUT2D eigenvalue weighted by Crippen LogP contribution is 2.22. The first-order valence-electron chi connectivity index (χ1n) is 8.57. The van der Waals surface area contributed by atoms with E-state index in [1.807, 2.05) is 29.1 Å². The molecule has 8 nitrogen and oxygen atoms in total. The van der Waals surface area contributed by atoms with Crippen molar-refractivity contribution in [3.63, 3.8) is 0 Å². The number of fused-ring (bicyclic) bond motifs is 1. The lowest BCUT2D eigenvalue weighted by atomic mass is 10.2. The number of aromatic nitrogens is 3. The zero-order valence-corrected chi connectivity index (χ0v) is 15.9. The highest BCUT2D eigenvalue weighted by Gasteiger charge is 2.22. The summed E-state index contributed by atoms with van der Waals surface area (Å²) in [4.78, 5) is 36.5. The summed E-state index contributed by atoms with van der Waals surface area (Å²) in [5.74, 6) is 0.256. The number of thiophene rings is 1. The molecule has 0 saturated carbocycles. The van der Waals surface area contributed by atoms with E-state index in [0.29, 0.717) is 16.3 Å². The number of pyridine rings is 1. The van der Waals surface area contributed by atoms with Gasteiger partial charge in [-0.05, 0) is 23.6 Å². The van der Waals surface area contributed by atoms with Gasteiger partial charge in [-0.15, -0.1) is 11.3 Å². The number of aryl methyl sites for hydroxylation is 1. The van der Waals surface area contributed by atoms with Crippen molar-refractivity contribution < 1.29 is 9.53 Å². The van der Waals surface area contributed by atoms with Gasteiger partial charge < -0.3 is 19.1 Å². The molecule has 0 aromatic carbocycles. The minimum atomic E-state index is -0.442. The highest BCUT2D eigenvalue weighted by atomic mass is 32.1. The number of hydrogen-bond acceptors (Lipinski definition) is 8. The first-order valence-corrected chi connectivity index (χ1v) is 9.45. The molecule has 0 spiro atoms. The van der Waals surface area contributed by atoms with E-state index in [2.05, 4.69) is 24.5 Å². The van der Waals surface area contributed by atoms with Crippen molar-refractivity contribution in [2.75, 3.05) is 43.1 Å². The summed E-state index contributed by atoms with van der Waals surface area (Å²) >= 11 is 1.42. The molecule has 1 fully saturated rings. The van der Waals surface area contributed by atoms with Gasteiger partial charge in [0.05, 0.1) is 24.5 Å². The second kappa shape index (κ2) is 6.99. The lowest BCUT2D eigenvalue weighted by Gasteiger charge is -2.37. The van der Waals surface area contributed by atoms with Gasteiger partial charge in [-0.25, -0.2) is 9.78 Å². The van der Waals surface area contributed by atoms with Crippen LogP contribution in [0.3, 0.4) is 0 Å². The standard InChI is InChI=1S/C18H19N5O3S/c1-21-14-5-10-27-15(14)16(24)20-18(21)23-8-6-22(7-9-23)12-3-4-13(19-11-12)17(25)26-2/h3-5,10-11H,6-9H2,1-2H3. The molecule has 0 N–H and O–H groups in total. The summed E-state index contributed by atoms with van der Waals surface area (Å²) in [5.41, 5.74) is 2.00. The molecular weight excluding hydrogens is 366 g/mol. The van der Waals surface area contributed by atoms with Crippen LogP contribution in [-0.4, -0.2) is 53.8 Å². The number of esters is 1. The fourth-order valence-electron chi connectivity index (χ4n) is 3.30. The Morgan fingerprint density at radius 2 is 1.89 bits per heavy atom. The Hall–Kier alpha value is -2.94. The number of rotatable bonds is 3. The van der Waals surface area contributed by atoms with Crippen molar-refractivity contribution >= 4 is 39.2 Å². The maximum absolute atomic E-state index is 12.3. The third-order valence-electron chi connectivity index (χ3n) is 4.77. The maximum Gasteiger partial charge on any atom is 0.356 e. The molecule has 0 unspecified atom stereocenters. The molecule has 4 rings (SSSR count). The first-order chi connectivity index (χ1) is 13.1. The van der Waals surface area contributed by atoms with E-state index in [1.54, 1.807) is 12.3 Å². The Morgan fingerprint density at radius 1 is 1.15 bits per heavy atom. The van der Waals surface area contributed by atoms with Crippen LogP contribution in [-0.2, 0) is 11.8 Å². The molecule has 0 bridgehead atoms. The molecule has 3 aromatic heterocycles. The number of anilines is 2. The van der Waals surface area contributed by atoms with Crippen molar-refractivity contribution in [1.29, 1.82) is 0 Å². The van der Waals surface area contributed by atoms with Crippen LogP contribution < -0.4 is 15.4 Å². The van der Waals surface area contributed by atoms with Gasteiger partial charge in [0.2, 0.25) is 5.95 Å². The van der Waals surface area contributed by atoms with Gasteiger partial charge in [-0.2, -0.15) is 4.98 Å². The Balaban J connectivity index is 1.50. The lowest BCUT2D eigenvalue weighted by molar-refractivity contribution is 0.0594. The van der Waals surface area contributed by atoms with Gasteiger partial charge in [0.15, 0.2) is 0 Å². The zero-order chi connectivity index (χ0) is 19.0. The normalized spacial score (nSPS) is 14.6. The van der Waals surface area contributed by atoms with Gasteiger partial charge >= 0.3 is 5.97 Å².